The molecule has 12 aromatic rings. The zero-order valence-corrected chi connectivity index (χ0v) is 45.1. The molecule has 79 heavy (non-hydrogen) atoms. The second kappa shape index (κ2) is 7.88. The van der Waals surface area contributed by atoms with Crippen LogP contribution in [0.25, 0.3) is 108 Å². The summed E-state index contributed by atoms with van der Waals surface area (Å²) in [6, 6.07) is 10.8. The van der Waals surface area contributed by atoms with Crippen molar-refractivity contribution in [1.82, 2.24) is 0 Å². The highest BCUT2D eigenvalue weighted by molar-refractivity contribution is 8.01. The molecule has 23 aliphatic rings. The lowest BCUT2D eigenvalue weighted by atomic mass is 9.39. The van der Waals surface area contributed by atoms with Gasteiger partial charge in [-0.1, -0.05) is 65.8 Å². The molecule has 0 N–H and O–H groups in total. The van der Waals surface area contributed by atoms with Crippen LogP contribution in [0.4, 0.5) is 0 Å². The summed E-state index contributed by atoms with van der Waals surface area (Å²) in [4.78, 5) is 1.77. The topological polar surface area (TPSA) is 0 Å². The van der Waals surface area contributed by atoms with Crippen LogP contribution in [0.5, 0.6) is 0 Å². The number of benzene rings is 11. The third-order valence-electron chi connectivity index (χ3n) is 32.9. The summed E-state index contributed by atoms with van der Waals surface area (Å²) in [5, 5.41) is 33.9. The van der Waals surface area contributed by atoms with Crippen molar-refractivity contribution in [2.75, 3.05) is 0 Å². The van der Waals surface area contributed by atoms with Crippen molar-refractivity contribution in [3.05, 3.63) is 152 Å². The zero-order chi connectivity index (χ0) is 48.5. The molecule has 0 bridgehead atoms. The van der Waals surface area contributed by atoms with Gasteiger partial charge in [0.2, 0.25) is 0 Å². The standard InChI is InChI=1S/C78H42S/c1-75(2,3)12-9-7-8-11-13(76(4,5)6)10-14-74(15(11)12)79-78-72-66-60-50-38-30-22-18-16-17-20-24(22)32(38)42-36-28(20)29-21(17)25-23-19(16)27-26(18)34-40(30)48-54-44(34)45-35(27)41-31(23)39-33(25)43-37(29)47-46(36)58(52(42)60)68(72)69-59(47)53(43)61-51(39)57-49(41)55(45)63-62(54)70(64(66)56(48)50)77(14,78)71(63)65(57)67(61)73(69)78/h7-10,18,20,22,24,26,28,34,36,44-47,55,59,63,65,67,69,71,73H,1-6H3. The van der Waals surface area contributed by atoms with Crippen molar-refractivity contribution in [3.8, 4) is 11.1 Å². The summed E-state index contributed by atoms with van der Waals surface area (Å²) in [5.41, 5.74) is 49.6. The number of hydrogen-bond acceptors (Lipinski definition) is 1. The van der Waals surface area contributed by atoms with Gasteiger partial charge in [-0.2, -0.15) is 0 Å². The average Bonchev–Trinajstić information content (AvgIpc) is 1.40. The average molecular weight is 1010 g/mol. The maximum Gasteiger partial charge on any atom is 0.0645 e. The Labute approximate surface area is 455 Å². The highest BCUT2D eigenvalue weighted by atomic mass is 32.2. The molecule has 0 saturated heterocycles. The van der Waals surface area contributed by atoms with Gasteiger partial charge >= 0.3 is 0 Å². The predicted molar refractivity (Wildman–Crippen MR) is 311 cm³/mol. The first-order valence-corrected chi connectivity index (χ1v) is 33.0. The van der Waals surface area contributed by atoms with Crippen molar-refractivity contribution < 1.29 is 0 Å². The monoisotopic (exact) mass is 1010 g/mol. The van der Waals surface area contributed by atoms with Crippen LogP contribution < -0.4 is 0 Å². The molecule has 1 saturated carbocycles. The first-order valence-electron chi connectivity index (χ1n) is 32.2. The Kier molecular flexibility index (Phi) is 3.37. The molecule has 0 amide bonds. The fourth-order valence-electron chi connectivity index (χ4n) is 34.0. The SMILES string of the molecule is CC(C)(C)c1cc2c(c3c(C(C)(C)C)cccc13)SC13c4c5c6c7c8c9c%10c%11c%12c%13c%14c%15c(c%16c%13c%10c7c4-%16)C21C1C%15C2c4c7c%10c%13c%15c%16c%17c%18c%19c%20c%21c%22c%23c(c4c4c%22c%19c%16c%104)C2C%14C%12C%23C%21C%11C9C%20C%18C8C6C%17C%15C5C3C%13C71. The van der Waals surface area contributed by atoms with E-state index < -0.39 is 0 Å². The summed E-state index contributed by atoms with van der Waals surface area (Å²) < 4.78 is -0.0304. The molecule has 0 nitrogen and oxygen atoms in total. The van der Waals surface area contributed by atoms with Crippen molar-refractivity contribution >= 4 is 109 Å². The fraction of sp³-hybridized carbons (Fsp3) is 0.385. The molecule has 0 aromatic heterocycles. The Balaban J connectivity index is 0.956. The molecule has 22 aliphatic carbocycles. The third-order valence-corrected chi connectivity index (χ3v) is 34.7. The normalized spacial score (nSPS) is 44.4. The predicted octanol–water partition coefficient (Wildman–Crippen LogP) is 18.3. The second-order valence-corrected chi connectivity index (χ2v) is 35.9. The molecule has 12 aromatic carbocycles. The molecule has 22 atom stereocenters. The molecule has 0 radical (unpaired) electrons. The smallest absolute Gasteiger partial charge is 0.0645 e. The third kappa shape index (κ3) is 2.01. The Bertz CT molecular complexity index is 6080. The van der Waals surface area contributed by atoms with E-state index in [0.29, 0.717) is 118 Å². The van der Waals surface area contributed by atoms with Crippen LogP contribution in [0, 0.1) is 11.8 Å². The Hall–Kier alpha value is -5.89. The van der Waals surface area contributed by atoms with Gasteiger partial charge in [-0.15, -0.1) is 11.8 Å². The highest BCUT2D eigenvalue weighted by Gasteiger charge is 2.90. The Morgan fingerprint density at radius 3 is 1.09 bits per heavy atom. The zero-order valence-electron chi connectivity index (χ0n) is 44.3. The minimum atomic E-state index is -0.0697. The highest BCUT2D eigenvalue weighted by Crippen LogP contribution is 3.01. The van der Waals surface area contributed by atoms with Crippen LogP contribution in [-0.2, 0) is 21.0 Å². The molecule has 1 heterocycles. The van der Waals surface area contributed by atoms with Crippen LogP contribution >= 0.6 is 11.8 Å². The van der Waals surface area contributed by atoms with E-state index in [1.54, 1.807) is 26.8 Å². The fourth-order valence-corrected chi connectivity index (χ4v) is 36.2. The van der Waals surface area contributed by atoms with Crippen molar-refractivity contribution in [2.45, 2.75) is 174 Å². The van der Waals surface area contributed by atoms with E-state index in [0.717, 1.165) is 0 Å². The first kappa shape index (κ1) is 33.8. The number of thioether (sulfide) groups is 1. The van der Waals surface area contributed by atoms with Crippen molar-refractivity contribution in [1.29, 1.82) is 0 Å². The quantitative estimate of drug-likeness (QED) is 0.136. The molecule has 1 fully saturated rings. The van der Waals surface area contributed by atoms with Crippen molar-refractivity contribution in [2.24, 2.45) is 11.8 Å². The Morgan fingerprint density at radius 2 is 0.646 bits per heavy atom. The molecule has 1 heteroatoms. The van der Waals surface area contributed by atoms with Crippen LogP contribution in [0.15, 0.2) is 29.2 Å². The van der Waals surface area contributed by atoms with Crippen molar-refractivity contribution in [3.63, 3.8) is 0 Å². The summed E-state index contributed by atoms with van der Waals surface area (Å²) in [6.07, 6.45) is 0. The molecule has 35 rings (SSSR count). The van der Waals surface area contributed by atoms with Crippen LogP contribution in [-0.4, -0.2) is 0 Å². The van der Waals surface area contributed by atoms with Gasteiger partial charge < -0.3 is 0 Å². The van der Waals surface area contributed by atoms with E-state index in [1.165, 1.54) is 0 Å². The molecule has 22 unspecified atom stereocenters. The van der Waals surface area contributed by atoms with Gasteiger partial charge in [0.1, 0.15) is 0 Å². The largest absolute Gasteiger partial charge is 0.112 e. The molecular formula is C78H42S. The molecular weight excluding hydrogens is 969 g/mol. The number of fused-ring (bicyclic) bond motifs is 3. The van der Waals surface area contributed by atoms with Gasteiger partial charge in [0.25, 0.3) is 0 Å². The lowest BCUT2D eigenvalue weighted by Crippen LogP contribution is -2.62. The minimum Gasteiger partial charge on any atom is -0.112 e. The summed E-state index contributed by atoms with van der Waals surface area (Å²) in [7, 11) is 0. The van der Waals surface area contributed by atoms with E-state index in [1.807, 2.05) is 203 Å². The van der Waals surface area contributed by atoms with E-state index in [4.69, 9.17) is 0 Å². The summed E-state index contributed by atoms with van der Waals surface area (Å²) >= 11 is 2.64. The van der Waals surface area contributed by atoms with Gasteiger partial charge in [0, 0.05) is 10.3 Å². The van der Waals surface area contributed by atoms with Crippen LogP contribution in [0.2, 0.25) is 0 Å². The minimum absolute atomic E-state index is 0.00637. The van der Waals surface area contributed by atoms with E-state index in [-0.39, 0.29) is 21.0 Å². The molecule has 360 valence electrons. The maximum atomic E-state index is 3.06. The van der Waals surface area contributed by atoms with E-state index in [9.17, 15) is 0 Å². The van der Waals surface area contributed by atoms with E-state index >= 15 is 0 Å². The first-order chi connectivity index (χ1) is 38.7. The van der Waals surface area contributed by atoms with Crippen LogP contribution in [0.1, 0.15) is 276 Å². The lowest BCUT2D eigenvalue weighted by molar-refractivity contribution is 0.0341. The van der Waals surface area contributed by atoms with Gasteiger partial charge in [-0.25, -0.2) is 0 Å². The Morgan fingerprint density at radius 1 is 0.316 bits per heavy atom. The number of rotatable bonds is 0. The van der Waals surface area contributed by atoms with Gasteiger partial charge in [0.05, 0.1) is 4.75 Å². The lowest BCUT2D eigenvalue weighted by Gasteiger charge is -2.65. The van der Waals surface area contributed by atoms with Crippen LogP contribution in [0.3, 0.4) is 0 Å². The molecule has 2 spiro atoms. The molecule has 1 aliphatic heterocycles. The van der Waals surface area contributed by atoms with Gasteiger partial charge in [-0.3, -0.25) is 0 Å². The second-order valence-electron chi connectivity index (χ2n) is 34.6. The summed E-state index contributed by atoms with van der Waals surface area (Å²) in [5.74, 6) is 12.7. The number of hydrogen-bond donors (Lipinski definition) is 0. The van der Waals surface area contributed by atoms with E-state index in [2.05, 4.69) is 88.7 Å². The van der Waals surface area contributed by atoms with Gasteiger partial charge in [0.15, 0.2) is 0 Å². The summed E-state index contributed by atoms with van der Waals surface area (Å²) in [6.45, 7) is 15.5. The maximum absolute atomic E-state index is 3.06. The van der Waals surface area contributed by atoms with Gasteiger partial charge in [-0.05, 0) is 365 Å².